The third kappa shape index (κ3) is 4.86. The number of hydrogen-bond donors (Lipinski definition) is 1. The monoisotopic (exact) mass is 564 g/mol. The quantitative estimate of drug-likeness (QED) is 0.199. The minimum atomic E-state index is -1.36. The van der Waals surface area contributed by atoms with E-state index in [9.17, 15) is 19.2 Å². The minimum Gasteiger partial charge on any atom is -0.454 e. The fourth-order valence-electron chi connectivity index (χ4n) is 3.47. The summed E-state index contributed by atoms with van der Waals surface area (Å²) in [6.07, 6.45) is 0. The number of halogens is 5. The standard InChI is InChI=1S/C22H17Cl5N2O5/c1-8(2)19(22(33)34-7-12(30)28-11-5-4-10(23)6-9(11)3)29-20(31)13-14(21(29)32)16(25)18(27)17(26)15(13)24/h4-6,8,19H,7H2,1-3H3,(H,28,30)/t19-/m0/s1. The molecule has 0 saturated carbocycles. The van der Waals surface area contributed by atoms with E-state index in [-0.39, 0.29) is 31.2 Å². The number of aryl methyl sites for hydroxylation is 1. The highest BCUT2D eigenvalue weighted by Gasteiger charge is 2.48. The molecule has 0 aromatic heterocycles. The summed E-state index contributed by atoms with van der Waals surface area (Å²) in [7, 11) is 0. The van der Waals surface area contributed by atoms with E-state index in [0.717, 1.165) is 0 Å². The first kappa shape index (κ1) is 26.6. The Kier molecular flexibility index (Phi) is 8.05. The summed E-state index contributed by atoms with van der Waals surface area (Å²) in [4.78, 5) is 52.1. The molecule has 3 rings (SSSR count). The summed E-state index contributed by atoms with van der Waals surface area (Å²) in [6, 6.07) is 3.51. The van der Waals surface area contributed by atoms with E-state index in [2.05, 4.69) is 5.32 Å². The molecule has 180 valence electrons. The fraction of sp³-hybridized carbons (Fsp3) is 0.273. The second-order valence-electron chi connectivity index (χ2n) is 7.79. The van der Waals surface area contributed by atoms with Gasteiger partial charge in [-0.25, -0.2) is 4.79 Å². The van der Waals surface area contributed by atoms with E-state index >= 15 is 0 Å². The molecule has 0 bridgehead atoms. The van der Waals surface area contributed by atoms with Gasteiger partial charge in [-0.3, -0.25) is 19.3 Å². The van der Waals surface area contributed by atoms with Crippen LogP contribution in [0.25, 0.3) is 0 Å². The predicted octanol–water partition coefficient (Wildman–Crippen LogP) is 6.06. The summed E-state index contributed by atoms with van der Waals surface area (Å²) < 4.78 is 5.14. The van der Waals surface area contributed by atoms with Gasteiger partial charge in [-0.05, 0) is 36.6 Å². The number of fused-ring (bicyclic) bond motifs is 1. The molecule has 3 amide bonds. The van der Waals surface area contributed by atoms with E-state index in [0.29, 0.717) is 21.2 Å². The second-order valence-corrected chi connectivity index (χ2v) is 9.74. The second kappa shape index (κ2) is 10.3. The molecule has 1 heterocycles. The smallest absolute Gasteiger partial charge is 0.330 e. The molecular formula is C22H17Cl5N2O5. The highest BCUT2D eigenvalue weighted by Crippen LogP contribution is 2.45. The topological polar surface area (TPSA) is 92.8 Å². The molecule has 0 fully saturated rings. The van der Waals surface area contributed by atoms with Crippen molar-refractivity contribution in [3.63, 3.8) is 0 Å². The normalized spacial score (nSPS) is 13.9. The molecule has 2 aromatic rings. The van der Waals surface area contributed by atoms with Crippen LogP contribution in [0.4, 0.5) is 5.69 Å². The van der Waals surface area contributed by atoms with Crippen LogP contribution < -0.4 is 5.32 Å². The summed E-state index contributed by atoms with van der Waals surface area (Å²) in [5, 5.41) is 2.23. The first-order valence-corrected chi connectivity index (χ1v) is 11.7. The lowest BCUT2D eigenvalue weighted by Crippen LogP contribution is -2.49. The Hall–Kier alpha value is -2.03. The van der Waals surface area contributed by atoms with Gasteiger partial charge in [0.2, 0.25) is 0 Å². The van der Waals surface area contributed by atoms with Gasteiger partial charge in [0.1, 0.15) is 6.04 Å². The molecule has 7 nitrogen and oxygen atoms in total. The average Bonchev–Trinajstić information content (AvgIpc) is 3.02. The highest BCUT2D eigenvalue weighted by molar-refractivity contribution is 6.55. The van der Waals surface area contributed by atoms with Crippen molar-refractivity contribution in [1.29, 1.82) is 0 Å². The third-order valence-electron chi connectivity index (χ3n) is 5.09. The van der Waals surface area contributed by atoms with Gasteiger partial charge in [-0.1, -0.05) is 71.9 Å². The number of anilines is 1. The molecule has 12 heteroatoms. The zero-order valence-electron chi connectivity index (χ0n) is 18.0. The van der Waals surface area contributed by atoms with E-state index < -0.39 is 42.3 Å². The van der Waals surface area contributed by atoms with E-state index in [1.54, 1.807) is 39.0 Å². The van der Waals surface area contributed by atoms with Gasteiger partial charge in [0.25, 0.3) is 17.7 Å². The lowest BCUT2D eigenvalue weighted by molar-refractivity contribution is -0.152. The van der Waals surface area contributed by atoms with Crippen molar-refractivity contribution >= 4 is 87.4 Å². The molecule has 0 unspecified atom stereocenters. The molecule has 0 spiro atoms. The Morgan fingerprint density at radius 2 is 1.47 bits per heavy atom. The molecule has 0 saturated heterocycles. The van der Waals surface area contributed by atoms with Gasteiger partial charge in [0, 0.05) is 10.7 Å². The van der Waals surface area contributed by atoms with Gasteiger partial charge in [-0.2, -0.15) is 0 Å². The van der Waals surface area contributed by atoms with Crippen molar-refractivity contribution in [2.75, 3.05) is 11.9 Å². The number of nitrogens with one attached hydrogen (secondary N) is 1. The Morgan fingerprint density at radius 3 is 1.94 bits per heavy atom. The van der Waals surface area contributed by atoms with Crippen LogP contribution in [-0.2, 0) is 14.3 Å². The fourth-order valence-corrected chi connectivity index (χ4v) is 4.71. The number of hydrogen-bond acceptors (Lipinski definition) is 5. The molecular weight excluding hydrogens is 550 g/mol. The maximum absolute atomic E-state index is 13.1. The number of rotatable bonds is 6. The zero-order chi connectivity index (χ0) is 25.5. The molecule has 1 N–H and O–H groups in total. The number of carbonyl (C=O) groups excluding carboxylic acids is 4. The van der Waals surface area contributed by atoms with E-state index in [1.165, 1.54) is 0 Å². The maximum atomic E-state index is 13.1. The zero-order valence-corrected chi connectivity index (χ0v) is 21.8. The number of esters is 1. The van der Waals surface area contributed by atoms with Crippen LogP contribution in [-0.4, -0.2) is 41.2 Å². The number of ether oxygens (including phenoxy) is 1. The highest BCUT2D eigenvalue weighted by atomic mass is 35.5. The van der Waals surface area contributed by atoms with Crippen molar-refractivity contribution in [3.05, 3.63) is 60.0 Å². The minimum absolute atomic E-state index is 0.187. The number of imide groups is 1. The third-order valence-corrected chi connectivity index (χ3v) is 7.13. The molecule has 1 atom stereocenters. The first-order valence-electron chi connectivity index (χ1n) is 9.83. The lowest BCUT2D eigenvalue weighted by Gasteiger charge is -2.27. The summed E-state index contributed by atoms with van der Waals surface area (Å²) >= 11 is 30.3. The largest absolute Gasteiger partial charge is 0.454 e. The lowest BCUT2D eigenvalue weighted by atomic mass is 10.0. The van der Waals surface area contributed by atoms with Crippen LogP contribution in [0.3, 0.4) is 0 Å². The van der Waals surface area contributed by atoms with Crippen LogP contribution >= 0.6 is 58.0 Å². The van der Waals surface area contributed by atoms with E-state index in [4.69, 9.17) is 62.7 Å². The molecule has 34 heavy (non-hydrogen) atoms. The van der Waals surface area contributed by atoms with Crippen LogP contribution in [0.2, 0.25) is 25.1 Å². The molecule has 0 aliphatic carbocycles. The van der Waals surface area contributed by atoms with Crippen molar-refractivity contribution < 1.29 is 23.9 Å². The van der Waals surface area contributed by atoms with Crippen molar-refractivity contribution in [2.45, 2.75) is 26.8 Å². The number of amides is 3. The Labute approximate surface area is 220 Å². The van der Waals surface area contributed by atoms with E-state index in [1.807, 2.05) is 0 Å². The molecule has 0 radical (unpaired) electrons. The summed E-state index contributed by atoms with van der Waals surface area (Å²) in [6.45, 7) is 4.32. The Bertz CT molecular complexity index is 1180. The van der Waals surface area contributed by atoms with Gasteiger partial charge in [0.15, 0.2) is 6.61 Å². The Balaban J connectivity index is 1.81. The van der Waals surface area contributed by atoms with Crippen molar-refractivity contribution in [3.8, 4) is 0 Å². The average molecular weight is 567 g/mol. The predicted molar refractivity (Wildman–Crippen MR) is 131 cm³/mol. The molecule has 1 aliphatic heterocycles. The number of nitrogens with zero attached hydrogens (tertiary/aromatic N) is 1. The first-order chi connectivity index (χ1) is 15.9. The van der Waals surface area contributed by atoms with Gasteiger partial charge in [0.05, 0.1) is 31.2 Å². The summed E-state index contributed by atoms with van der Waals surface area (Å²) in [5.74, 6) is -3.89. The molecule has 1 aliphatic rings. The van der Waals surface area contributed by atoms with Crippen molar-refractivity contribution in [2.24, 2.45) is 5.92 Å². The van der Waals surface area contributed by atoms with Gasteiger partial charge >= 0.3 is 5.97 Å². The van der Waals surface area contributed by atoms with Crippen molar-refractivity contribution in [1.82, 2.24) is 4.90 Å². The number of carbonyl (C=O) groups is 4. The van der Waals surface area contributed by atoms with Crippen LogP contribution in [0, 0.1) is 12.8 Å². The SMILES string of the molecule is Cc1cc(Cl)ccc1NC(=O)COC(=O)[C@H](C(C)C)N1C(=O)c2c(Cl)c(Cl)c(Cl)c(Cl)c2C1=O. The van der Waals surface area contributed by atoms with Gasteiger partial charge < -0.3 is 10.1 Å². The van der Waals surface area contributed by atoms with Crippen LogP contribution in [0.15, 0.2) is 18.2 Å². The Morgan fingerprint density at radius 1 is 0.941 bits per heavy atom. The summed E-state index contributed by atoms with van der Waals surface area (Å²) in [5.41, 5.74) is 0.703. The maximum Gasteiger partial charge on any atom is 0.330 e. The molecule has 2 aromatic carbocycles. The van der Waals surface area contributed by atoms with Crippen LogP contribution in [0.1, 0.15) is 40.1 Å². The van der Waals surface area contributed by atoms with Gasteiger partial charge in [-0.15, -0.1) is 0 Å². The number of benzene rings is 2. The van der Waals surface area contributed by atoms with Crippen LogP contribution in [0.5, 0.6) is 0 Å².